The molecule has 4 amide bonds. The van der Waals surface area contributed by atoms with Gasteiger partial charge in [0.1, 0.15) is 0 Å². The summed E-state index contributed by atoms with van der Waals surface area (Å²) in [5.74, 6) is -0.830. The Morgan fingerprint density at radius 3 is 2.47 bits per heavy atom. The summed E-state index contributed by atoms with van der Waals surface area (Å²) in [5, 5.41) is 4.66. The molecule has 0 fully saturated rings. The molecule has 7 heteroatoms. The van der Waals surface area contributed by atoms with Gasteiger partial charge in [0.2, 0.25) is 5.91 Å². The summed E-state index contributed by atoms with van der Waals surface area (Å²) in [6.07, 6.45) is 0. The highest BCUT2D eigenvalue weighted by atomic mass is 79.9. The lowest BCUT2D eigenvalue weighted by molar-refractivity contribution is -0.115. The van der Waals surface area contributed by atoms with E-state index >= 15 is 0 Å². The lowest BCUT2D eigenvalue weighted by Gasteiger charge is -2.12. The van der Waals surface area contributed by atoms with Crippen LogP contribution >= 0.6 is 15.9 Å². The number of imide groups is 1. The lowest BCUT2D eigenvalue weighted by Crippen LogP contribution is -2.35. The number of nitrogens with one attached hydrogen (secondary N) is 2. The van der Waals surface area contributed by atoms with Crippen molar-refractivity contribution in [1.29, 1.82) is 0 Å². The molecule has 0 saturated heterocycles. The lowest BCUT2D eigenvalue weighted by atomic mass is 10.1. The van der Waals surface area contributed by atoms with Gasteiger partial charge in [0.25, 0.3) is 5.91 Å². The van der Waals surface area contributed by atoms with Crippen LogP contribution in [0.4, 0.5) is 10.5 Å². The highest BCUT2D eigenvalue weighted by Gasteiger charge is 2.15. The summed E-state index contributed by atoms with van der Waals surface area (Å²) in [6.45, 7) is 3.36. The molecule has 0 saturated carbocycles. The van der Waals surface area contributed by atoms with E-state index in [-0.39, 0.29) is 16.3 Å². The first-order chi connectivity index (χ1) is 8.82. The van der Waals surface area contributed by atoms with Crippen molar-refractivity contribution in [3.8, 4) is 0 Å². The predicted octanol–water partition coefficient (Wildman–Crippen LogP) is 1.53. The second-order valence-electron chi connectivity index (χ2n) is 3.90. The number of halogens is 1. The number of nitrogens with two attached hydrogens (primary N) is 1. The van der Waals surface area contributed by atoms with E-state index in [4.69, 9.17) is 5.73 Å². The molecule has 0 spiro atoms. The maximum Gasteiger partial charge on any atom is 0.319 e. The highest BCUT2D eigenvalue weighted by Crippen LogP contribution is 2.19. The first-order valence-electron chi connectivity index (χ1n) is 5.48. The van der Waals surface area contributed by atoms with Gasteiger partial charge in [-0.2, -0.15) is 0 Å². The third-order valence-corrected chi connectivity index (χ3v) is 2.85. The Hall–Kier alpha value is -1.89. The first-order valence-corrected chi connectivity index (χ1v) is 6.39. The summed E-state index contributed by atoms with van der Waals surface area (Å²) in [7, 11) is 0. The highest BCUT2D eigenvalue weighted by molar-refractivity contribution is 9.10. The molecular formula is C12H14BrN3O3. The number of rotatable bonds is 3. The SMILES string of the molecule is Cc1c(NC(=O)[C@H](C)Br)cccc1C(=O)NC(N)=O. The molecule has 1 atom stereocenters. The topological polar surface area (TPSA) is 101 Å². The molecule has 0 bridgehead atoms. The third kappa shape index (κ3) is 4.06. The maximum atomic E-state index is 11.7. The Morgan fingerprint density at radius 1 is 1.32 bits per heavy atom. The van der Waals surface area contributed by atoms with Gasteiger partial charge in [-0.25, -0.2) is 4.79 Å². The van der Waals surface area contributed by atoms with Gasteiger partial charge in [-0.15, -0.1) is 0 Å². The van der Waals surface area contributed by atoms with Crippen molar-refractivity contribution >= 4 is 39.5 Å². The largest absolute Gasteiger partial charge is 0.351 e. The number of carbonyl (C=O) groups is 3. The average Bonchev–Trinajstić information content (AvgIpc) is 2.30. The summed E-state index contributed by atoms with van der Waals surface area (Å²) in [5.41, 5.74) is 6.24. The van der Waals surface area contributed by atoms with Crippen molar-refractivity contribution in [3.63, 3.8) is 0 Å². The van der Waals surface area contributed by atoms with Gasteiger partial charge in [0.05, 0.1) is 4.83 Å². The molecule has 0 aliphatic heterocycles. The molecule has 0 unspecified atom stereocenters. The third-order valence-electron chi connectivity index (χ3n) is 2.43. The molecule has 1 aromatic carbocycles. The van der Waals surface area contributed by atoms with E-state index in [0.717, 1.165) is 0 Å². The van der Waals surface area contributed by atoms with Gasteiger partial charge in [-0.3, -0.25) is 14.9 Å². The minimum atomic E-state index is -0.923. The van der Waals surface area contributed by atoms with Crippen LogP contribution in [-0.4, -0.2) is 22.7 Å². The first kappa shape index (κ1) is 15.2. The Balaban J connectivity index is 3.01. The standard InChI is InChI=1S/C12H14BrN3O3/c1-6-8(11(18)16-12(14)19)4-3-5-9(6)15-10(17)7(2)13/h3-5,7H,1-2H3,(H,15,17)(H3,14,16,18,19)/t7-/m0/s1. The van der Waals surface area contributed by atoms with Gasteiger partial charge in [0.15, 0.2) is 0 Å². The molecule has 0 aliphatic carbocycles. The molecule has 0 aliphatic rings. The van der Waals surface area contributed by atoms with Crippen LogP contribution in [0.15, 0.2) is 18.2 Å². The van der Waals surface area contributed by atoms with Crippen LogP contribution in [0.5, 0.6) is 0 Å². The van der Waals surface area contributed by atoms with Gasteiger partial charge in [0, 0.05) is 11.3 Å². The molecule has 1 rings (SSSR count). The Morgan fingerprint density at radius 2 is 1.95 bits per heavy atom. The van der Waals surface area contributed by atoms with Crippen molar-refractivity contribution in [2.24, 2.45) is 5.73 Å². The summed E-state index contributed by atoms with van der Waals surface area (Å²) < 4.78 is 0. The molecule has 0 aromatic heterocycles. The number of amides is 4. The van der Waals surface area contributed by atoms with Crippen LogP contribution in [0.2, 0.25) is 0 Å². The summed E-state index contributed by atoms with van der Waals surface area (Å²) in [4.78, 5) is 33.6. The van der Waals surface area contributed by atoms with E-state index in [2.05, 4.69) is 21.2 Å². The number of hydrogen-bond donors (Lipinski definition) is 3. The second kappa shape index (κ2) is 6.33. The van der Waals surface area contributed by atoms with Gasteiger partial charge >= 0.3 is 6.03 Å². The van der Waals surface area contributed by atoms with Gasteiger partial charge in [-0.05, 0) is 31.5 Å². The van der Waals surface area contributed by atoms with E-state index in [0.29, 0.717) is 11.3 Å². The fourth-order valence-electron chi connectivity index (χ4n) is 1.43. The van der Waals surface area contributed by atoms with E-state index < -0.39 is 11.9 Å². The maximum absolute atomic E-state index is 11.7. The molecule has 1 aromatic rings. The molecule has 6 nitrogen and oxygen atoms in total. The van der Waals surface area contributed by atoms with Crippen molar-refractivity contribution in [1.82, 2.24) is 5.32 Å². The van der Waals surface area contributed by atoms with Crippen LogP contribution in [0.3, 0.4) is 0 Å². The molecule has 102 valence electrons. The number of hydrogen-bond acceptors (Lipinski definition) is 3. The zero-order valence-corrected chi connectivity index (χ0v) is 12.1. The minimum absolute atomic E-state index is 0.226. The fraction of sp³-hybridized carbons (Fsp3) is 0.250. The van der Waals surface area contributed by atoms with E-state index in [9.17, 15) is 14.4 Å². The van der Waals surface area contributed by atoms with Crippen LogP contribution in [-0.2, 0) is 4.79 Å². The smallest absolute Gasteiger partial charge is 0.319 e. The number of carbonyl (C=O) groups excluding carboxylic acids is 3. The predicted molar refractivity (Wildman–Crippen MR) is 75.2 cm³/mol. The summed E-state index contributed by atoms with van der Waals surface area (Å²) >= 11 is 3.15. The Kier molecular flexibility index (Phi) is 5.05. The molecule has 4 N–H and O–H groups in total. The Labute approximate surface area is 118 Å². The summed E-state index contributed by atoms with van der Waals surface area (Å²) in [6, 6.07) is 3.90. The number of alkyl halides is 1. The number of primary amides is 1. The van der Waals surface area contributed by atoms with E-state index in [1.807, 2.05) is 5.32 Å². The zero-order valence-electron chi connectivity index (χ0n) is 10.5. The number of benzene rings is 1. The van der Waals surface area contributed by atoms with Crippen molar-refractivity contribution in [2.45, 2.75) is 18.7 Å². The molecule has 0 heterocycles. The normalized spacial score (nSPS) is 11.5. The fourth-order valence-corrected chi connectivity index (χ4v) is 1.54. The monoisotopic (exact) mass is 327 g/mol. The van der Waals surface area contributed by atoms with Crippen LogP contribution < -0.4 is 16.4 Å². The number of anilines is 1. The number of urea groups is 1. The second-order valence-corrected chi connectivity index (χ2v) is 5.28. The average molecular weight is 328 g/mol. The van der Waals surface area contributed by atoms with Crippen LogP contribution in [0.1, 0.15) is 22.8 Å². The Bertz CT molecular complexity index is 529. The van der Waals surface area contributed by atoms with Crippen LogP contribution in [0.25, 0.3) is 0 Å². The molecule has 0 radical (unpaired) electrons. The zero-order chi connectivity index (χ0) is 14.6. The van der Waals surface area contributed by atoms with Gasteiger partial charge < -0.3 is 11.1 Å². The van der Waals surface area contributed by atoms with Crippen molar-refractivity contribution in [3.05, 3.63) is 29.3 Å². The van der Waals surface area contributed by atoms with Crippen molar-refractivity contribution < 1.29 is 14.4 Å². The molecular weight excluding hydrogens is 314 g/mol. The van der Waals surface area contributed by atoms with Crippen LogP contribution in [0, 0.1) is 6.92 Å². The van der Waals surface area contributed by atoms with E-state index in [1.165, 1.54) is 0 Å². The van der Waals surface area contributed by atoms with E-state index in [1.54, 1.807) is 32.0 Å². The van der Waals surface area contributed by atoms with Crippen molar-refractivity contribution in [2.75, 3.05) is 5.32 Å². The quantitative estimate of drug-likeness (QED) is 0.733. The molecule has 19 heavy (non-hydrogen) atoms. The minimum Gasteiger partial charge on any atom is -0.351 e. The van der Waals surface area contributed by atoms with Gasteiger partial charge in [-0.1, -0.05) is 22.0 Å².